The van der Waals surface area contributed by atoms with Gasteiger partial charge in [-0.15, -0.1) is 5.10 Å². The normalized spacial score (nSPS) is 15.5. The van der Waals surface area contributed by atoms with Gasteiger partial charge in [-0.25, -0.2) is 4.68 Å². The molecule has 4 nitrogen and oxygen atoms in total. The molecule has 0 spiro atoms. The summed E-state index contributed by atoms with van der Waals surface area (Å²) in [6, 6.07) is 16.5. The summed E-state index contributed by atoms with van der Waals surface area (Å²) in [7, 11) is 0. The lowest BCUT2D eigenvalue weighted by Crippen LogP contribution is -2.18. The van der Waals surface area contributed by atoms with E-state index in [0.29, 0.717) is 12.8 Å². The second kappa shape index (κ2) is 6.28. The Morgan fingerprint density at radius 3 is 2.56 bits per heavy atom. The minimum atomic E-state index is -0.129. The summed E-state index contributed by atoms with van der Waals surface area (Å²) in [5.74, 6) is 0.150. The first kappa shape index (κ1) is 15.8. The van der Waals surface area contributed by atoms with Crippen LogP contribution in [0.5, 0.6) is 0 Å². The zero-order chi connectivity index (χ0) is 17.4. The predicted molar refractivity (Wildman–Crippen MR) is 98.3 cm³/mol. The molecule has 0 N–H and O–H groups in total. The number of benzene rings is 2. The molecule has 3 aromatic rings. The highest BCUT2D eigenvalue weighted by molar-refractivity contribution is 5.91. The Balaban J connectivity index is 2.08. The number of carbonyl (C=O) groups is 1. The summed E-state index contributed by atoms with van der Waals surface area (Å²) in [4.78, 5) is 12.8. The zero-order valence-corrected chi connectivity index (χ0v) is 14.6. The fourth-order valence-electron chi connectivity index (χ4n) is 3.79. The number of Topliss-reactive ketones (excluding diaryl/α,β-unsaturated/α-hetero) is 1. The lowest BCUT2D eigenvalue weighted by molar-refractivity contribution is -0.120. The van der Waals surface area contributed by atoms with Gasteiger partial charge in [-0.05, 0) is 24.5 Å². The molecule has 0 saturated carbocycles. The molecule has 25 heavy (non-hydrogen) atoms. The van der Waals surface area contributed by atoms with Crippen LogP contribution in [0.3, 0.4) is 0 Å². The van der Waals surface area contributed by atoms with E-state index in [4.69, 9.17) is 0 Å². The van der Waals surface area contributed by atoms with Gasteiger partial charge in [-0.2, -0.15) is 0 Å². The molecule has 0 saturated heterocycles. The van der Waals surface area contributed by atoms with Crippen molar-refractivity contribution in [2.45, 2.75) is 39.2 Å². The first-order valence-electron chi connectivity index (χ1n) is 8.88. The Hall–Kier alpha value is -2.75. The van der Waals surface area contributed by atoms with E-state index in [1.54, 1.807) is 0 Å². The van der Waals surface area contributed by atoms with Crippen molar-refractivity contribution in [3.8, 4) is 22.5 Å². The van der Waals surface area contributed by atoms with Gasteiger partial charge in [-0.3, -0.25) is 4.79 Å². The van der Waals surface area contributed by atoms with Gasteiger partial charge in [0.1, 0.15) is 11.5 Å². The van der Waals surface area contributed by atoms with Gasteiger partial charge in [0.15, 0.2) is 0 Å². The number of carbonyl (C=O) groups excluding carboxylic acids is 1. The summed E-state index contributed by atoms with van der Waals surface area (Å²) in [6.07, 6.45) is 1.25. The van der Waals surface area contributed by atoms with Crippen LogP contribution in [0.25, 0.3) is 22.5 Å². The van der Waals surface area contributed by atoms with Crippen molar-refractivity contribution in [3.05, 3.63) is 59.7 Å². The van der Waals surface area contributed by atoms with Gasteiger partial charge in [0.2, 0.25) is 0 Å². The third-order valence-electron chi connectivity index (χ3n) is 5.06. The molecule has 4 rings (SSSR count). The van der Waals surface area contributed by atoms with Crippen molar-refractivity contribution < 1.29 is 4.79 Å². The summed E-state index contributed by atoms with van der Waals surface area (Å²) in [6.45, 7) is 4.75. The second-order valence-corrected chi connectivity index (χ2v) is 6.42. The predicted octanol–water partition coefficient (Wildman–Crippen LogP) is 4.25. The molecule has 0 aliphatic heterocycles. The van der Waals surface area contributed by atoms with E-state index in [1.165, 1.54) is 0 Å². The van der Waals surface area contributed by atoms with Gasteiger partial charge in [0.25, 0.3) is 0 Å². The molecular formula is C21H21N3O. The fourth-order valence-corrected chi connectivity index (χ4v) is 3.79. The van der Waals surface area contributed by atoms with E-state index in [1.807, 2.05) is 35.9 Å². The Bertz CT molecular complexity index is 942. The first-order valence-corrected chi connectivity index (χ1v) is 8.88. The molecule has 1 atom stereocenters. The number of fused-ring (bicyclic) bond motifs is 5. The number of rotatable bonds is 3. The summed E-state index contributed by atoms with van der Waals surface area (Å²) in [5, 5.41) is 8.86. The largest absolute Gasteiger partial charge is 0.299 e. The Kier molecular flexibility index (Phi) is 3.96. The van der Waals surface area contributed by atoms with Crippen molar-refractivity contribution >= 4 is 5.78 Å². The molecule has 126 valence electrons. The van der Waals surface area contributed by atoms with Crippen molar-refractivity contribution in [2.24, 2.45) is 0 Å². The average Bonchev–Trinajstić information content (AvgIpc) is 3.08. The van der Waals surface area contributed by atoms with Crippen LogP contribution < -0.4 is 0 Å². The number of hydrogen-bond acceptors (Lipinski definition) is 3. The molecule has 0 bridgehead atoms. The first-order chi connectivity index (χ1) is 12.2. The number of aromatic nitrogens is 3. The highest BCUT2D eigenvalue weighted by Gasteiger charge is 2.30. The van der Waals surface area contributed by atoms with Gasteiger partial charge >= 0.3 is 0 Å². The lowest BCUT2D eigenvalue weighted by atomic mass is 9.80. The van der Waals surface area contributed by atoms with Crippen molar-refractivity contribution in [1.29, 1.82) is 0 Å². The molecule has 1 aliphatic rings. The number of hydrogen-bond donors (Lipinski definition) is 0. The van der Waals surface area contributed by atoms with Crippen molar-refractivity contribution in [2.75, 3.05) is 0 Å². The molecule has 1 aromatic heterocycles. The quantitative estimate of drug-likeness (QED) is 0.721. The highest BCUT2D eigenvalue weighted by atomic mass is 16.1. The molecule has 0 radical (unpaired) electrons. The maximum atomic E-state index is 12.8. The van der Waals surface area contributed by atoms with E-state index in [9.17, 15) is 4.79 Å². The molecule has 1 unspecified atom stereocenters. The third-order valence-corrected chi connectivity index (χ3v) is 5.06. The number of ketones is 1. The van der Waals surface area contributed by atoms with Crippen molar-refractivity contribution in [1.82, 2.24) is 15.0 Å². The van der Waals surface area contributed by atoms with Gasteiger partial charge in [0.05, 0.1) is 5.69 Å². The summed E-state index contributed by atoms with van der Waals surface area (Å²) >= 11 is 0. The maximum absolute atomic E-state index is 12.8. The van der Waals surface area contributed by atoms with Crippen LogP contribution in [-0.4, -0.2) is 20.8 Å². The smallest absolute Gasteiger partial charge is 0.140 e. The van der Waals surface area contributed by atoms with Crippen LogP contribution in [0.15, 0.2) is 48.5 Å². The minimum absolute atomic E-state index is 0.129. The molecule has 0 fully saturated rings. The van der Waals surface area contributed by atoms with E-state index in [0.717, 1.165) is 40.2 Å². The van der Waals surface area contributed by atoms with Crippen LogP contribution in [0.2, 0.25) is 0 Å². The minimum Gasteiger partial charge on any atom is -0.299 e. The van der Waals surface area contributed by atoms with Crippen LogP contribution in [0.1, 0.15) is 37.3 Å². The van der Waals surface area contributed by atoms with Gasteiger partial charge in [-0.1, -0.05) is 60.7 Å². The van der Waals surface area contributed by atoms with E-state index in [2.05, 4.69) is 41.5 Å². The van der Waals surface area contributed by atoms with Crippen LogP contribution in [-0.2, 0) is 17.8 Å². The SMILES string of the molecule is CCC(=O)C1Cc2ccccc2-c2nnn(CC)c2-c2ccccc21. The molecule has 0 amide bonds. The standard InChI is InChI=1S/C21H21N3O/c1-3-19(25)18-13-14-9-5-6-10-15(14)20-21(24(4-2)23-22-20)17-12-8-7-11-16(17)18/h5-12,18H,3-4,13H2,1-2H3. The summed E-state index contributed by atoms with van der Waals surface area (Å²) in [5.41, 5.74) is 6.33. The zero-order valence-electron chi connectivity index (χ0n) is 14.6. The Morgan fingerprint density at radius 1 is 1.08 bits per heavy atom. The molecule has 4 heteroatoms. The molecule has 2 aromatic carbocycles. The Labute approximate surface area is 147 Å². The highest BCUT2D eigenvalue weighted by Crippen LogP contribution is 2.41. The van der Waals surface area contributed by atoms with Gasteiger partial charge < -0.3 is 0 Å². The average molecular weight is 331 g/mol. The topological polar surface area (TPSA) is 47.8 Å². The third kappa shape index (κ3) is 2.49. The Morgan fingerprint density at radius 2 is 1.80 bits per heavy atom. The fraction of sp³-hybridized carbons (Fsp3) is 0.286. The van der Waals surface area contributed by atoms with Gasteiger partial charge in [0, 0.05) is 30.0 Å². The summed E-state index contributed by atoms with van der Waals surface area (Å²) < 4.78 is 1.93. The molecular weight excluding hydrogens is 310 g/mol. The number of aryl methyl sites for hydroxylation is 1. The van der Waals surface area contributed by atoms with E-state index >= 15 is 0 Å². The van der Waals surface area contributed by atoms with Crippen LogP contribution >= 0.6 is 0 Å². The maximum Gasteiger partial charge on any atom is 0.140 e. The lowest BCUT2D eigenvalue weighted by Gasteiger charge is -2.24. The molecule has 1 heterocycles. The second-order valence-electron chi connectivity index (χ2n) is 6.42. The number of nitrogens with zero attached hydrogens (tertiary/aromatic N) is 3. The van der Waals surface area contributed by atoms with Crippen molar-refractivity contribution in [3.63, 3.8) is 0 Å². The van der Waals surface area contributed by atoms with Crippen LogP contribution in [0.4, 0.5) is 0 Å². The monoisotopic (exact) mass is 331 g/mol. The van der Waals surface area contributed by atoms with E-state index < -0.39 is 0 Å². The van der Waals surface area contributed by atoms with Crippen LogP contribution in [0, 0.1) is 0 Å². The molecule has 1 aliphatic carbocycles. The van der Waals surface area contributed by atoms with E-state index in [-0.39, 0.29) is 11.7 Å².